The summed E-state index contributed by atoms with van der Waals surface area (Å²) < 4.78 is 29.8. The van der Waals surface area contributed by atoms with Crippen molar-refractivity contribution in [3.8, 4) is 5.75 Å². The molecular weight excluding hydrogens is 278 g/mol. The topological polar surface area (TPSA) is 44.7 Å². The van der Waals surface area contributed by atoms with E-state index >= 15 is 0 Å². The van der Waals surface area contributed by atoms with Gasteiger partial charge in [0.25, 0.3) is 0 Å². The molecule has 1 aliphatic heterocycles. The monoisotopic (exact) mass is 300 g/mol. The fourth-order valence-corrected chi connectivity index (χ4v) is 2.77. The second-order valence-corrected chi connectivity index (χ2v) is 5.08. The molecule has 2 N–H and O–H groups in total. The zero-order valence-electron chi connectivity index (χ0n) is 12.0. The second kappa shape index (κ2) is 8.26. The Morgan fingerprint density at radius 1 is 1.24 bits per heavy atom. The molecule has 1 aliphatic rings. The van der Waals surface area contributed by atoms with Crippen LogP contribution < -0.4 is 10.1 Å². The van der Waals surface area contributed by atoms with E-state index in [9.17, 15) is 8.78 Å². The van der Waals surface area contributed by atoms with Gasteiger partial charge in [-0.05, 0) is 18.9 Å². The number of hydrogen-bond acceptors (Lipinski definition) is 4. The third-order valence-electron chi connectivity index (χ3n) is 3.72. The largest absolute Gasteiger partial charge is 0.434 e. The Hall–Kier alpha value is -1.24. The predicted molar refractivity (Wildman–Crippen MR) is 76.6 cm³/mol. The van der Waals surface area contributed by atoms with Gasteiger partial charge in [-0.2, -0.15) is 8.78 Å². The van der Waals surface area contributed by atoms with Crippen molar-refractivity contribution in [2.75, 3.05) is 32.8 Å². The Bertz CT molecular complexity index is 426. The molecular formula is C15H22F2N2O2. The number of nitrogens with zero attached hydrogens (tertiary/aromatic N) is 1. The smallest absolute Gasteiger partial charge is 0.387 e. The molecule has 0 aromatic heterocycles. The van der Waals surface area contributed by atoms with Crippen LogP contribution in [0.4, 0.5) is 8.78 Å². The summed E-state index contributed by atoms with van der Waals surface area (Å²) >= 11 is 0. The summed E-state index contributed by atoms with van der Waals surface area (Å²) in [6.45, 7) is 0.757. The third kappa shape index (κ3) is 4.62. The van der Waals surface area contributed by atoms with Gasteiger partial charge in [-0.25, -0.2) is 0 Å². The molecule has 1 aromatic carbocycles. The molecule has 0 radical (unpaired) electrons. The number of hydrogen-bond donors (Lipinski definition) is 2. The molecule has 0 bridgehead atoms. The molecule has 0 unspecified atom stereocenters. The maximum absolute atomic E-state index is 12.6. The number of para-hydroxylation sites is 1. The van der Waals surface area contributed by atoms with E-state index in [0.717, 1.165) is 38.2 Å². The van der Waals surface area contributed by atoms with Gasteiger partial charge in [0.2, 0.25) is 0 Å². The molecule has 6 heteroatoms. The van der Waals surface area contributed by atoms with Crippen LogP contribution in [-0.4, -0.2) is 49.4 Å². The van der Waals surface area contributed by atoms with Crippen LogP contribution in [-0.2, 0) is 0 Å². The summed E-state index contributed by atoms with van der Waals surface area (Å²) in [5, 5.41) is 12.4. The average Bonchev–Trinajstić information content (AvgIpc) is 2.50. The highest BCUT2D eigenvalue weighted by atomic mass is 19.3. The number of ether oxygens (including phenoxy) is 1. The summed E-state index contributed by atoms with van der Waals surface area (Å²) in [5.41, 5.74) is 0.771. The first-order valence-corrected chi connectivity index (χ1v) is 7.31. The number of rotatable bonds is 7. The normalized spacial score (nSPS) is 17.9. The lowest BCUT2D eigenvalue weighted by molar-refractivity contribution is -0.0513. The first kappa shape index (κ1) is 16.1. The SMILES string of the molecule is OCCC[C@H](c1ccccc1OC(F)F)N1CCNCC1. The number of aliphatic hydroxyl groups is 1. The summed E-state index contributed by atoms with van der Waals surface area (Å²) in [4.78, 5) is 2.26. The molecule has 0 amide bonds. The van der Waals surface area contributed by atoms with Crippen LogP contribution in [0.5, 0.6) is 5.75 Å². The van der Waals surface area contributed by atoms with Crippen LogP contribution in [0.15, 0.2) is 24.3 Å². The molecule has 4 nitrogen and oxygen atoms in total. The van der Waals surface area contributed by atoms with E-state index < -0.39 is 6.61 Å². The maximum atomic E-state index is 12.6. The van der Waals surface area contributed by atoms with E-state index in [0.29, 0.717) is 6.42 Å². The molecule has 21 heavy (non-hydrogen) atoms. The molecule has 1 aromatic rings. The number of nitrogens with one attached hydrogen (secondary N) is 1. The van der Waals surface area contributed by atoms with Crippen LogP contribution in [0, 0.1) is 0 Å². The molecule has 0 saturated carbocycles. The van der Waals surface area contributed by atoms with E-state index in [1.807, 2.05) is 12.1 Å². The quantitative estimate of drug-likeness (QED) is 0.808. The van der Waals surface area contributed by atoms with Crippen molar-refractivity contribution in [2.24, 2.45) is 0 Å². The summed E-state index contributed by atoms with van der Waals surface area (Å²) in [5.74, 6) is 0.231. The first-order valence-electron chi connectivity index (χ1n) is 7.31. The minimum atomic E-state index is -2.83. The molecule has 2 rings (SSSR count). The summed E-state index contributed by atoms with van der Waals surface area (Å²) in [6, 6.07) is 6.94. The fraction of sp³-hybridized carbons (Fsp3) is 0.600. The van der Waals surface area contributed by atoms with Crippen molar-refractivity contribution in [3.63, 3.8) is 0 Å². The van der Waals surface area contributed by atoms with Gasteiger partial charge in [0.1, 0.15) is 5.75 Å². The highest BCUT2D eigenvalue weighted by Crippen LogP contribution is 2.33. The number of aliphatic hydroxyl groups excluding tert-OH is 1. The van der Waals surface area contributed by atoms with Crippen LogP contribution >= 0.6 is 0 Å². The number of halogens is 2. The molecule has 0 aliphatic carbocycles. The molecule has 1 atom stereocenters. The standard InChI is InChI=1S/C15H22F2N2O2/c16-15(17)21-14-6-2-1-4-12(14)13(5-3-11-20)19-9-7-18-8-10-19/h1-2,4,6,13,15,18,20H,3,5,7-11H2/t13-/m1/s1. The Labute approximate surface area is 123 Å². The van der Waals surface area contributed by atoms with Gasteiger partial charge in [0, 0.05) is 44.4 Å². The third-order valence-corrected chi connectivity index (χ3v) is 3.72. The van der Waals surface area contributed by atoms with Gasteiger partial charge in [0.05, 0.1) is 0 Å². The van der Waals surface area contributed by atoms with Crippen molar-refractivity contribution < 1.29 is 18.6 Å². The minimum absolute atomic E-state index is 0.00537. The van der Waals surface area contributed by atoms with E-state index in [1.54, 1.807) is 12.1 Å². The van der Waals surface area contributed by atoms with Gasteiger partial charge < -0.3 is 15.2 Å². The molecule has 0 spiro atoms. The zero-order chi connectivity index (χ0) is 15.1. The van der Waals surface area contributed by atoms with Crippen LogP contribution in [0.3, 0.4) is 0 Å². The number of piperazine rings is 1. The molecule has 118 valence electrons. The van der Waals surface area contributed by atoms with Crippen molar-refractivity contribution in [1.82, 2.24) is 10.2 Å². The Morgan fingerprint density at radius 2 is 1.95 bits per heavy atom. The zero-order valence-corrected chi connectivity index (χ0v) is 12.0. The van der Waals surface area contributed by atoms with E-state index in [1.165, 1.54) is 0 Å². The van der Waals surface area contributed by atoms with Crippen molar-refractivity contribution in [1.29, 1.82) is 0 Å². The number of alkyl halides is 2. The summed E-state index contributed by atoms with van der Waals surface area (Å²) in [7, 11) is 0. The lowest BCUT2D eigenvalue weighted by Gasteiger charge is -2.36. The molecule has 1 saturated heterocycles. The van der Waals surface area contributed by atoms with Gasteiger partial charge in [0.15, 0.2) is 0 Å². The first-order chi connectivity index (χ1) is 10.2. The second-order valence-electron chi connectivity index (χ2n) is 5.08. The molecule has 1 fully saturated rings. The van der Waals surface area contributed by atoms with Gasteiger partial charge in [-0.1, -0.05) is 18.2 Å². The van der Waals surface area contributed by atoms with E-state index in [4.69, 9.17) is 5.11 Å². The average molecular weight is 300 g/mol. The van der Waals surface area contributed by atoms with E-state index in [2.05, 4.69) is 15.0 Å². The highest BCUT2D eigenvalue weighted by molar-refractivity contribution is 5.36. The van der Waals surface area contributed by atoms with Crippen LogP contribution in [0.1, 0.15) is 24.4 Å². The highest BCUT2D eigenvalue weighted by Gasteiger charge is 2.25. The van der Waals surface area contributed by atoms with E-state index in [-0.39, 0.29) is 18.4 Å². The Kier molecular flexibility index (Phi) is 6.35. The molecule has 1 heterocycles. The predicted octanol–water partition coefficient (Wildman–Crippen LogP) is 2.01. The van der Waals surface area contributed by atoms with Crippen molar-refractivity contribution in [2.45, 2.75) is 25.5 Å². The van der Waals surface area contributed by atoms with Gasteiger partial charge >= 0.3 is 6.61 Å². The maximum Gasteiger partial charge on any atom is 0.387 e. The van der Waals surface area contributed by atoms with Crippen molar-refractivity contribution in [3.05, 3.63) is 29.8 Å². The van der Waals surface area contributed by atoms with Crippen LogP contribution in [0.25, 0.3) is 0 Å². The minimum Gasteiger partial charge on any atom is -0.434 e. The van der Waals surface area contributed by atoms with Crippen LogP contribution in [0.2, 0.25) is 0 Å². The number of benzene rings is 1. The van der Waals surface area contributed by atoms with Crippen molar-refractivity contribution >= 4 is 0 Å². The Balaban J connectivity index is 2.22. The van der Waals surface area contributed by atoms with Gasteiger partial charge in [-0.3, -0.25) is 4.90 Å². The summed E-state index contributed by atoms with van der Waals surface area (Å²) in [6.07, 6.45) is 1.36. The fourth-order valence-electron chi connectivity index (χ4n) is 2.77. The lowest BCUT2D eigenvalue weighted by atomic mass is 9.98. The lowest BCUT2D eigenvalue weighted by Crippen LogP contribution is -2.45. The Morgan fingerprint density at radius 3 is 2.62 bits per heavy atom. The van der Waals surface area contributed by atoms with Gasteiger partial charge in [-0.15, -0.1) is 0 Å².